The molecule has 0 bridgehead atoms. The fraction of sp³-hybridized carbons (Fsp3) is 0.462. The monoisotopic (exact) mass is 238 g/mol. The summed E-state index contributed by atoms with van der Waals surface area (Å²) in [5.41, 5.74) is 0. The van der Waals surface area contributed by atoms with Crippen LogP contribution in [0.15, 0.2) is 35.2 Å². The van der Waals surface area contributed by atoms with Gasteiger partial charge in [0.05, 0.1) is 11.4 Å². The standard InChI is InChI=1S/C13H18O2S/c1-3-7-12(15)13(10(2)14)16-11-8-5-4-6-9-11/h4-6,8-9,12-13,15H,3,7H2,1-2H3/t12-,13+/m1/s1. The summed E-state index contributed by atoms with van der Waals surface area (Å²) >= 11 is 1.45. The summed E-state index contributed by atoms with van der Waals surface area (Å²) in [4.78, 5) is 12.5. The van der Waals surface area contributed by atoms with Gasteiger partial charge in [-0.05, 0) is 25.5 Å². The largest absolute Gasteiger partial charge is 0.391 e. The van der Waals surface area contributed by atoms with Crippen molar-refractivity contribution in [3.8, 4) is 0 Å². The van der Waals surface area contributed by atoms with Gasteiger partial charge in [-0.2, -0.15) is 0 Å². The zero-order chi connectivity index (χ0) is 12.0. The highest BCUT2D eigenvalue weighted by Crippen LogP contribution is 2.27. The van der Waals surface area contributed by atoms with Crippen LogP contribution in [0.25, 0.3) is 0 Å². The van der Waals surface area contributed by atoms with Crippen molar-refractivity contribution < 1.29 is 9.90 Å². The van der Waals surface area contributed by atoms with Gasteiger partial charge in [-0.15, -0.1) is 11.8 Å². The van der Waals surface area contributed by atoms with Crippen molar-refractivity contribution in [1.29, 1.82) is 0 Å². The van der Waals surface area contributed by atoms with Gasteiger partial charge in [0.25, 0.3) is 0 Å². The highest BCUT2D eigenvalue weighted by molar-refractivity contribution is 8.00. The maximum Gasteiger partial charge on any atom is 0.145 e. The maximum atomic E-state index is 11.5. The molecule has 0 unspecified atom stereocenters. The van der Waals surface area contributed by atoms with Gasteiger partial charge in [-0.3, -0.25) is 4.79 Å². The van der Waals surface area contributed by atoms with E-state index < -0.39 is 6.10 Å². The van der Waals surface area contributed by atoms with Crippen molar-refractivity contribution in [3.63, 3.8) is 0 Å². The fourth-order valence-corrected chi connectivity index (χ4v) is 2.59. The first kappa shape index (κ1) is 13.3. The molecule has 1 rings (SSSR count). The molecule has 0 aliphatic carbocycles. The molecule has 1 aromatic rings. The summed E-state index contributed by atoms with van der Waals surface area (Å²) in [7, 11) is 0. The second kappa shape index (κ2) is 6.71. The Balaban J connectivity index is 2.69. The van der Waals surface area contributed by atoms with E-state index in [-0.39, 0.29) is 11.0 Å². The fourth-order valence-electron chi connectivity index (χ4n) is 1.53. The van der Waals surface area contributed by atoms with Crippen LogP contribution in [0, 0.1) is 0 Å². The molecule has 0 fully saturated rings. The van der Waals surface area contributed by atoms with Crippen molar-refractivity contribution >= 4 is 17.5 Å². The van der Waals surface area contributed by atoms with E-state index >= 15 is 0 Å². The van der Waals surface area contributed by atoms with Crippen LogP contribution < -0.4 is 0 Å². The number of hydrogen-bond donors (Lipinski definition) is 1. The number of carbonyl (C=O) groups excluding carboxylic acids is 1. The summed E-state index contributed by atoms with van der Waals surface area (Å²) < 4.78 is 0. The lowest BCUT2D eigenvalue weighted by atomic mass is 10.1. The van der Waals surface area contributed by atoms with E-state index in [0.29, 0.717) is 6.42 Å². The van der Waals surface area contributed by atoms with Gasteiger partial charge in [0, 0.05) is 4.90 Å². The molecule has 0 aliphatic rings. The minimum Gasteiger partial charge on any atom is -0.391 e. The zero-order valence-corrected chi connectivity index (χ0v) is 10.5. The molecule has 0 saturated heterocycles. The molecule has 0 aliphatic heterocycles. The van der Waals surface area contributed by atoms with Crippen LogP contribution in [-0.4, -0.2) is 22.2 Å². The van der Waals surface area contributed by atoms with Gasteiger partial charge in [0.15, 0.2) is 0 Å². The number of rotatable bonds is 6. The van der Waals surface area contributed by atoms with E-state index in [1.54, 1.807) is 6.92 Å². The van der Waals surface area contributed by atoms with E-state index in [4.69, 9.17) is 0 Å². The molecule has 16 heavy (non-hydrogen) atoms. The first-order chi connectivity index (χ1) is 7.65. The third-order valence-corrected chi connectivity index (χ3v) is 3.79. The highest BCUT2D eigenvalue weighted by atomic mass is 32.2. The van der Waals surface area contributed by atoms with Crippen LogP contribution in [0.2, 0.25) is 0 Å². The van der Waals surface area contributed by atoms with Crippen LogP contribution in [0.1, 0.15) is 26.7 Å². The lowest BCUT2D eigenvalue weighted by molar-refractivity contribution is -0.118. The minimum atomic E-state index is -0.548. The Morgan fingerprint density at radius 3 is 2.50 bits per heavy atom. The molecule has 2 atom stereocenters. The molecule has 0 heterocycles. The van der Waals surface area contributed by atoms with Crippen molar-refractivity contribution in [2.45, 2.75) is 42.9 Å². The number of carbonyl (C=O) groups is 1. The van der Waals surface area contributed by atoms with Gasteiger partial charge in [-0.1, -0.05) is 31.5 Å². The molecular formula is C13H18O2S. The number of ketones is 1. The number of benzene rings is 1. The molecule has 88 valence electrons. The molecule has 0 saturated carbocycles. The van der Waals surface area contributed by atoms with Gasteiger partial charge < -0.3 is 5.11 Å². The van der Waals surface area contributed by atoms with E-state index in [2.05, 4.69) is 0 Å². The quantitative estimate of drug-likeness (QED) is 0.774. The molecule has 0 amide bonds. The van der Waals surface area contributed by atoms with E-state index in [1.807, 2.05) is 37.3 Å². The first-order valence-electron chi connectivity index (χ1n) is 5.55. The Kier molecular flexibility index (Phi) is 5.56. The molecule has 2 nitrogen and oxygen atoms in total. The van der Waals surface area contributed by atoms with Crippen LogP contribution in [-0.2, 0) is 4.79 Å². The van der Waals surface area contributed by atoms with E-state index in [0.717, 1.165) is 11.3 Å². The Hall–Kier alpha value is -0.800. The van der Waals surface area contributed by atoms with E-state index in [9.17, 15) is 9.90 Å². The lowest BCUT2D eigenvalue weighted by Gasteiger charge is -2.19. The SMILES string of the molecule is CCC[C@@H](O)[C@@H](Sc1ccccc1)C(C)=O. The van der Waals surface area contributed by atoms with E-state index in [1.165, 1.54) is 11.8 Å². The molecular weight excluding hydrogens is 220 g/mol. The summed E-state index contributed by atoms with van der Waals surface area (Å²) in [5, 5.41) is 9.55. The smallest absolute Gasteiger partial charge is 0.145 e. The van der Waals surface area contributed by atoms with Gasteiger partial charge >= 0.3 is 0 Å². The normalized spacial score (nSPS) is 14.4. The summed E-state index contributed by atoms with van der Waals surface area (Å²) in [6.45, 7) is 3.55. The Morgan fingerprint density at radius 1 is 1.38 bits per heavy atom. The minimum absolute atomic E-state index is 0.0369. The number of Topliss-reactive ketones (excluding diaryl/α,β-unsaturated/α-hetero) is 1. The molecule has 3 heteroatoms. The maximum absolute atomic E-state index is 11.5. The predicted molar refractivity (Wildman–Crippen MR) is 67.7 cm³/mol. The summed E-state index contributed by atoms with van der Waals surface area (Å²) in [5.74, 6) is 0.0369. The van der Waals surface area contributed by atoms with Crippen molar-refractivity contribution in [2.24, 2.45) is 0 Å². The predicted octanol–water partition coefficient (Wildman–Crippen LogP) is 2.90. The highest BCUT2D eigenvalue weighted by Gasteiger charge is 2.23. The van der Waals surface area contributed by atoms with Gasteiger partial charge in [-0.25, -0.2) is 0 Å². The Bertz CT molecular complexity index is 324. The molecule has 0 spiro atoms. The van der Waals surface area contributed by atoms with Crippen LogP contribution in [0.4, 0.5) is 0 Å². The number of aliphatic hydroxyl groups is 1. The van der Waals surface area contributed by atoms with Crippen LogP contribution in [0.3, 0.4) is 0 Å². The van der Waals surface area contributed by atoms with Gasteiger partial charge in [0.2, 0.25) is 0 Å². The Labute approximate surface area is 101 Å². The molecule has 1 aromatic carbocycles. The molecule has 0 aromatic heterocycles. The zero-order valence-electron chi connectivity index (χ0n) is 9.72. The van der Waals surface area contributed by atoms with Crippen LogP contribution in [0.5, 0.6) is 0 Å². The molecule has 1 N–H and O–H groups in total. The van der Waals surface area contributed by atoms with Crippen molar-refractivity contribution in [1.82, 2.24) is 0 Å². The van der Waals surface area contributed by atoms with Gasteiger partial charge in [0.1, 0.15) is 5.78 Å². The Morgan fingerprint density at radius 2 is 2.00 bits per heavy atom. The van der Waals surface area contributed by atoms with Crippen molar-refractivity contribution in [3.05, 3.63) is 30.3 Å². The topological polar surface area (TPSA) is 37.3 Å². The second-order valence-corrected chi connectivity index (χ2v) is 5.03. The first-order valence-corrected chi connectivity index (χ1v) is 6.43. The lowest BCUT2D eigenvalue weighted by Crippen LogP contribution is -2.29. The molecule has 0 radical (unpaired) electrons. The number of aliphatic hydroxyl groups excluding tert-OH is 1. The average Bonchev–Trinajstić information content (AvgIpc) is 2.27. The number of thioether (sulfide) groups is 1. The summed E-state index contributed by atoms with van der Waals surface area (Å²) in [6.07, 6.45) is 1.01. The summed E-state index contributed by atoms with van der Waals surface area (Å²) in [6, 6.07) is 9.73. The third-order valence-electron chi connectivity index (χ3n) is 2.34. The third kappa shape index (κ3) is 3.99. The number of hydrogen-bond acceptors (Lipinski definition) is 3. The second-order valence-electron chi connectivity index (χ2n) is 3.82. The van der Waals surface area contributed by atoms with Crippen molar-refractivity contribution in [2.75, 3.05) is 0 Å². The average molecular weight is 238 g/mol. The van der Waals surface area contributed by atoms with Crippen LogP contribution >= 0.6 is 11.8 Å².